The predicted molar refractivity (Wildman–Crippen MR) is 104 cm³/mol. The largest absolute Gasteiger partial charge is 0.444 e. The lowest BCUT2D eigenvalue weighted by atomic mass is 9.65. The molecule has 27 heavy (non-hydrogen) atoms. The van der Waals surface area contributed by atoms with E-state index in [1.807, 2.05) is 39.8 Å². The highest BCUT2D eigenvalue weighted by Gasteiger charge is 2.50. The van der Waals surface area contributed by atoms with Crippen molar-refractivity contribution in [3.05, 3.63) is 33.9 Å². The Balaban J connectivity index is 1.58. The van der Waals surface area contributed by atoms with Crippen LogP contribution in [0.25, 0.3) is 0 Å². The molecular weight excluding hydrogens is 346 g/mol. The van der Waals surface area contributed by atoms with E-state index in [0.717, 1.165) is 31.2 Å². The van der Waals surface area contributed by atoms with Crippen LogP contribution in [0.2, 0.25) is 0 Å². The standard InChI is InChI=1S/C20H29N3O4/c1-5-14-6-7-16(17(10-14)23(25)26)21-15-11-20(12-15)8-9-22(13-20)18(24)27-19(2,3)4/h6-7,10,15,21H,5,8-9,11-13H2,1-4H3. The summed E-state index contributed by atoms with van der Waals surface area (Å²) in [4.78, 5) is 25.1. The molecule has 0 radical (unpaired) electrons. The number of nitrogens with one attached hydrogen (secondary N) is 1. The van der Waals surface area contributed by atoms with Gasteiger partial charge in [0.1, 0.15) is 11.3 Å². The molecule has 1 spiro atoms. The zero-order valence-electron chi connectivity index (χ0n) is 16.6. The number of ether oxygens (including phenoxy) is 1. The molecule has 1 saturated heterocycles. The zero-order valence-corrected chi connectivity index (χ0v) is 16.6. The molecule has 0 atom stereocenters. The van der Waals surface area contributed by atoms with Gasteiger partial charge in [0.15, 0.2) is 0 Å². The first kappa shape index (κ1) is 19.5. The Labute approximate surface area is 160 Å². The van der Waals surface area contributed by atoms with Gasteiger partial charge in [-0.3, -0.25) is 10.1 Å². The highest BCUT2D eigenvalue weighted by molar-refractivity contribution is 5.69. The minimum Gasteiger partial charge on any atom is -0.444 e. The fraction of sp³-hybridized carbons (Fsp3) is 0.650. The van der Waals surface area contributed by atoms with Crippen molar-refractivity contribution in [1.29, 1.82) is 0 Å². The van der Waals surface area contributed by atoms with E-state index in [1.54, 1.807) is 11.0 Å². The Bertz CT molecular complexity index is 735. The first-order chi connectivity index (χ1) is 12.6. The Morgan fingerprint density at radius 1 is 1.41 bits per heavy atom. The third-order valence-corrected chi connectivity index (χ3v) is 5.48. The van der Waals surface area contributed by atoms with E-state index in [0.29, 0.717) is 18.8 Å². The molecule has 0 aromatic heterocycles. The van der Waals surface area contributed by atoms with E-state index in [1.165, 1.54) is 0 Å². The number of likely N-dealkylation sites (tertiary alicyclic amines) is 1. The van der Waals surface area contributed by atoms with Gasteiger partial charge in [0.05, 0.1) is 4.92 Å². The quantitative estimate of drug-likeness (QED) is 0.624. The molecule has 0 unspecified atom stereocenters. The first-order valence-corrected chi connectivity index (χ1v) is 9.63. The summed E-state index contributed by atoms with van der Waals surface area (Å²) in [5.74, 6) is 0. The van der Waals surface area contributed by atoms with Crippen molar-refractivity contribution in [1.82, 2.24) is 4.90 Å². The minimum absolute atomic E-state index is 0.118. The highest BCUT2D eigenvalue weighted by Crippen LogP contribution is 2.49. The number of hydrogen-bond acceptors (Lipinski definition) is 5. The molecule has 7 nitrogen and oxygen atoms in total. The summed E-state index contributed by atoms with van der Waals surface area (Å²) in [7, 11) is 0. The molecule has 1 aliphatic carbocycles. The molecule has 3 rings (SSSR count). The number of anilines is 1. The Hall–Kier alpha value is -2.31. The van der Waals surface area contributed by atoms with Gasteiger partial charge in [0.25, 0.3) is 5.69 Å². The summed E-state index contributed by atoms with van der Waals surface area (Å²) in [5.41, 5.74) is 1.31. The van der Waals surface area contributed by atoms with Crippen LogP contribution >= 0.6 is 0 Å². The first-order valence-electron chi connectivity index (χ1n) is 9.63. The zero-order chi connectivity index (χ0) is 19.8. The number of hydrogen-bond donors (Lipinski definition) is 1. The van der Waals surface area contributed by atoms with Crippen molar-refractivity contribution in [2.75, 3.05) is 18.4 Å². The maximum atomic E-state index is 12.3. The molecule has 0 bridgehead atoms. The third-order valence-electron chi connectivity index (χ3n) is 5.48. The number of benzene rings is 1. The molecule has 7 heteroatoms. The maximum absolute atomic E-state index is 12.3. The molecule has 1 aromatic rings. The van der Waals surface area contributed by atoms with Gasteiger partial charge in [0.2, 0.25) is 0 Å². The summed E-state index contributed by atoms with van der Waals surface area (Å²) < 4.78 is 5.47. The van der Waals surface area contributed by atoms with Crippen molar-refractivity contribution in [2.45, 2.75) is 65.0 Å². The normalized spacial score (nSPS) is 24.6. The minimum atomic E-state index is -0.486. The highest BCUT2D eigenvalue weighted by atomic mass is 16.6. The Kier molecular flexibility index (Phi) is 5.06. The van der Waals surface area contributed by atoms with Crippen LogP contribution in [-0.2, 0) is 11.2 Å². The van der Waals surface area contributed by atoms with Gasteiger partial charge >= 0.3 is 6.09 Å². The van der Waals surface area contributed by atoms with Crippen LogP contribution < -0.4 is 5.32 Å². The van der Waals surface area contributed by atoms with Crippen LogP contribution in [0, 0.1) is 15.5 Å². The lowest BCUT2D eigenvalue weighted by Crippen LogP contribution is -2.47. The molecule has 1 heterocycles. The SMILES string of the molecule is CCc1ccc(NC2CC3(CCN(C(=O)OC(C)(C)C)C3)C2)c([N+](=O)[O-])c1. The van der Waals surface area contributed by atoms with Crippen LogP contribution in [0.1, 0.15) is 52.5 Å². The number of rotatable bonds is 4. The number of nitro benzene ring substituents is 1. The van der Waals surface area contributed by atoms with Crippen LogP contribution in [0.4, 0.5) is 16.2 Å². The fourth-order valence-corrected chi connectivity index (χ4v) is 4.13. The van der Waals surface area contributed by atoms with E-state index in [9.17, 15) is 14.9 Å². The number of carbonyl (C=O) groups excluding carboxylic acids is 1. The average Bonchev–Trinajstić information content (AvgIpc) is 2.98. The summed E-state index contributed by atoms with van der Waals surface area (Å²) in [5, 5.41) is 14.7. The van der Waals surface area contributed by atoms with Crippen molar-refractivity contribution in [3.8, 4) is 0 Å². The molecule has 2 aliphatic rings. The fourth-order valence-electron chi connectivity index (χ4n) is 4.13. The summed E-state index contributed by atoms with van der Waals surface area (Å²) in [6, 6.07) is 5.60. The van der Waals surface area contributed by atoms with Gasteiger partial charge < -0.3 is 15.0 Å². The average molecular weight is 375 g/mol. The molecule has 1 aliphatic heterocycles. The summed E-state index contributed by atoms with van der Waals surface area (Å²) in [6.45, 7) is 9.02. The maximum Gasteiger partial charge on any atom is 0.410 e. The summed E-state index contributed by atoms with van der Waals surface area (Å²) in [6.07, 6.45) is 3.31. The van der Waals surface area contributed by atoms with E-state index in [2.05, 4.69) is 5.32 Å². The molecule has 1 aromatic carbocycles. The van der Waals surface area contributed by atoms with Crippen LogP contribution in [-0.4, -0.2) is 40.6 Å². The van der Waals surface area contributed by atoms with Crippen LogP contribution in [0.15, 0.2) is 18.2 Å². The van der Waals surface area contributed by atoms with Crippen molar-refractivity contribution >= 4 is 17.5 Å². The van der Waals surface area contributed by atoms with Gasteiger partial charge in [-0.1, -0.05) is 13.0 Å². The van der Waals surface area contributed by atoms with Gasteiger partial charge in [-0.2, -0.15) is 0 Å². The number of aryl methyl sites for hydroxylation is 1. The topological polar surface area (TPSA) is 84.7 Å². The second kappa shape index (κ2) is 7.02. The van der Waals surface area contributed by atoms with Crippen molar-refractivity contribution in [2.24, 2.45) is 5.41 Å². The molecule has 1 N–H and O–H groups in total. The third kappa shape index (κ3) is 4.34. The molecule has 1 saturated carbocycles. The number of amides is 1. The van der Waals surface area contributed by atoms with Crippen molar-refractivity contribution < 1.29 is 14.5 Å². The van der Waals surface area contributed by atoms with Crippen LogP contribution in [0.3, 0.4) is 0 Å². The molecule has 148 valence electrons. The molecule has 2 fully saturated rings. The molecule has 1 amide bonds. The van der Waals surface area contributed by atoms with Crippen LogP contribution in [0.5, 0.6) is 0 Å². The smallest absolute Gasteiger partial charge is 0.410 e. The van der Waals surface area contributed by atoms with Gasteiger partial charge in [-0.05, 0) is 63.5 Å². The number of nitro groups is 1. The van der Waals surface area contributed by atoms with Gasteiger partial charge in [-0.25, -0.2) is 4.79 Å². The summed E-state index contributed by atoms with van der Waals surface area (Å²) >= 11 is 0. The lowest BCUT2D eigenvalue weighted by Gasteiger charge is -2.45. The number of carbonyl (C=O) groups is 1. The van der Waals surface area contributed by atoms with E-state index in [4.69, 9.17) is 4.74 Å². The van der Waals surface area contributed by atoms with E-state index >= 15 is 0 Å². The Morgan fingerprint density at radius 3 is 2.70 bits per heavy atom. The van der Waals surface area contributed by atoms with E-state index < -0.39 is 5.60 Å². The molecular formula is C20H29N3O4. The van der Waals surface area contributed by atoms with Crippen molar-refractivity contribution in [3.63, 3.8) is 0 Å². The van der Waals surface area contributed by atoms with E-state index in [-0.39, 0.29) is 28.2 Å². The monoisotopic (exact) mass is 375 g/mol. The number of nitrogens with zero attached hydrogens (tertiary/aromatic N) is 2. The second-order valence-corrected chi connectivity index (χ2v) is 8.86. The van der Waals surface area contributed by atoms with Gasteiger partial charge in [-0.15, -0.1) is 0 Å². The second-order valence-electron chi connectivity index (χ2n) is 8.86. The predicted octanol–water partition coefficient (Wildman–Crippen LogP) is 4.36. The Morgan fingerprint density at radius 2 is 2.11 bits per heavy atom. The lowest BCUT2D eigenvalue weighted by molar-refractivity contribution is -0.384. The van der Waals surface area contributed by atoms with Gasteiger partial charge in [0, 0.05) is 25.2 Å².